The summed E-state index contributed by atoms with van der Waals surface area (Å²) in [5.74, 6) is 0.904. The van der Waals surface area contributed by atoms with Crippen LogP contribution < -0.4 is 0 Å². The normalized spacial score (nSPS) is 53.2. The molecule has 0 N–H and O–H groups in total. The van der Waals surface area contributed by atoms with Gasteiger partial charge in [0.1, 0.15) is 0 Å². The zero-order valence-corrected chi connectivity index (χ0v) is 7.49. The van der Waals surface area contributed by atoms with E-state index in [1.165, 1.54) is 6.42 Å². The Morgan fingerprint density at radius 3 is 2.08 bits per heavy atom. The topological polar surface area (TPSA) is 18.5 Å². The van der Waals surface area contributed by atoms with E-state index in [2.05, 4.69) is 12.2 Å². The molecule has 4 unspecified atom stereocenters. The van der Waals surface area contributed by atoms with E-state index in [4.69, 9.17) is 9.47 Å². The third kappa shape index (κ3) is 0.771. The fraction of sp³-hybridized carbons (Fsp3) is 0.800. The van der Waals surface area contributed by atoms with Crippen molar-refractivity contribution in [2.45, 2.75) is 38.3 Å². The van der Waals surface area contributed by atoms with Crippen molar-refractivity contribution >= 4 is 0 Å². The van der Waals surface area contributed by atoms with Crippen LogP contribution in [0.15, 0.2) is 12.2 Å². The second kappa shape index (κ2) is 1.94. The number of fused-ring (bicyclic) bond motifs is 5. The van der Waals surface area contributed by atoms with Crippen molar-refractivity contribution in [2.75, 3.05) is 0 Å². The molecule has 1 aliphatic heterocycles. The Morgan fingerprint density at radius 1 is 1.08 bits per heavy atom. The van der Waals surface area contributed by atoms with Gasteiger partial charge in [-0.3, -0.25) is 0 Å². The molecule has 2 nitrogen and oxygen atoms in total. The molecular weight excluding hydrogens is 152 g/mol. The van der Waals surface area contributed by atoms with Gasteiger partial charge in [-0.1, -0.05) is 12.2 Å². The molecule has 0 amide bonds. The van der Waals surface area contributed by atoms with Gasteiger partial charge in [0, 0.05) is 11.8 Å². The lowest BCUT2D eigenvalue weighted by molar-refractivity contribution is -0.156. The molecule has 4 atom stereocenters. The Hall–Kier alpha value is -0.340. The summed E-state index contributed by atoms with van der Waals surface area (Å²) in [5.41, 5.74) is 0. The maximum atomic E-state index is 5.83. The van der Waals surface area contributed by atoms with Crippen LogP contribution >= 0.6 is 0 Å². The lowest BCUT2D eigenvalue weighted by Crippen LogP contribution is -2.26. The molecule has 0 spiro atoms. The van der Waals surface area contributed by atoms with Crippen molar-refractivity contribution in [3.05, 3.63) is 12.2 Å². The minimum atomic E-state index is -0.349. The highest BCUT2D eigenvalue weighted by Gasteiger charge is 2.54. The molecule has 66 valence electrons. The van der Waals surface area contributed by atoms with Crippen LogP contribution in [0.4, 0.5) is 0 Å². The van der Waals surface area contributed by atoms with E-state index in [9.17, 15) is 0 Å². The Kier molecular flexibility index (Phi) is 1.15. The van der Waals surface area contributed by atoms with Crippen LogP contribution in [0.5, 0.6) is 0 Å². The van der Waals surface area contributed by atoms with Crippen LogP contribution in [0.2, 0.25) is 0 Å². The van der Waals surface area contributed by atoms with Crippen molar-refractivity contribution < 1.29 is 9.47 Å². The van der Waals surface area contributed by atoms with E-state index < -0.39 is 0 Å². The van der Waals surface area contributed by atoms with Gasteiger partial charge in [-0.15, -0.1) is 0 Å². The van der Waals surface area contributed by atoms with E-state index in [1.807, 2.05) is 13.8 Å². The molecular formula is C10H14O2. The van der Waals surface area contributed by atoms with Gasteiger partial charge in [-0.2, -0.15) is 0 Å². The van der Waals surface area contributed by atoms with Gasteiger partial charge in [0.05, 0.1) is 12.2 Å². The molecule has 1 saturated carbocycles. The molecule has 3 rings (SSSR count). The first kappa shape index (κ1) is 7.10. The third-order valence-corrected chi connectivity index (χ3v) is 3.16. The van der Waals surface area contributed by atoms with Gasteiger partial charge in [-0.25, -0.2) is 0 Å². The van der Waals surface area contributed by atoms with Gasteiger partial charge in [0.15, 0.2) is 5.79 Å². The van der Waals surface area contributed by atoms with Gasteiger partial charge in [-0.05, 0) is 20.3 Å². The summed E-state index contributed by atoms with van der Waals surface area (Å²) in [6.45, 7) is 4.01. The summed E-state index contributed by atoms with van der Waals surface area (Å²) in [6, 6.07) is 0. The number of ether oxygens (including phenoxy) is 2. The number of rotatable bonds is 0. The molecule has 0 radical (unpaired) electrons. The number of hydrogen-bond acceptors (Lipinski definition) is 2. The first-order valence-corrected chi connectivity index (χ1v) is 4.70. The Morgan fingerprint density at radius 2 is 1.58 bits per heavy atom. The van der Waals surface area contributed by atoms with Crippen LogP contribution in [0, 0.1) is 11.8 Å². The zero-order valence-electron chi connectivity index (χ0n) is 7.49. The van der Waals surface area contributed by atoms with Crippen LogP contribution in [-0.4, -0.2) is 18.0 Å². The lowest BCUT2D eigenvalue weighted by atomic mass is 10.0. The fourth-order valence-corrected chi connectivity index (χ4v) is 2.72. The summed E-state index contributed by atoms with van der Waals surface area (Å²) >= 11 is 0. The molecule has 1 heterocycles. The summed E-state index contributed by atoms with van der Waals surface area (Å²) in [6.07, 6.45) is 6.50. The minimum absolute atomic E-state index is 0.343. The molecule has 0 aromatic rings. The highest BCUT2D eigenvalue weighted by Crippen LogP contribution is 2.49. The molecule has 1 saturated heterocycles. The molecule has 0 aromatic heterocycles. The van der Waals surface area contributed by atoms with Gasteiger partial charge in [0.2, 0.25) is 0 Å². The second-order valence-corrected chi connectivity index (χ2v) is 4.51. The first-order chi connectivity index (χ1) is 5.66. The zero-order chi connectivity index (χ0) is 8.34. The van der Waals surface area contributed by atoms with Gasteiger partial charge < -0.3 is 9.47 Å². The Bertz CT molecular complexity index is 222. The lowest BCUT2D eigenvalue weighted by Gasteiger charge is -2.19. The predicted molar refractivity (Wildman–Crippen MR) is 44.6 cm³/mol. The molecule has 2 aliphatic carbocycles. The molecule has 2 bridgehead atoms. The quantitative estimate of drug-likeness (QED) is 0.510. The van der Waals surface area contributed by atoms with Crippen LogP contribution in [0.25, 0.3) is 0 Å². The highest BCUT2D eigenvalue weighted by molar-refractivity contribution is 5.17. The van der Waals surface area contributed by atoms with Crippen LogP contribution in [0.1, 0.15) is 20.3 Å². The van der Waals surface area contributed by atoms with Crippen molar-refractivity contribution in [1.82, 2.24) is 0 Å². The fourth-order valence-electron chi connectivity index (χ4n) is 2.72. The third-order valence-electron chi connectivity index (χ3n) is 3.16. The largest absolute Gasteiger partial charge is 0.344 e. The van der Waals surface area contributed by atoms with E-state index >= 15 is 0 Å². The summed E-state index contributed by atoms with van der Waals surface area (Å²) in [5, 5.41) is 0. The van der Waals surface area contributed by atoms with E-state index in [1.54, 1.807) is 0 Å². The Balaban J connectivity index is 1.91. The van der Waals surface area contributed by atoms with E-state index in [0.29, 0.717) is 24.0 Å². The maximum absolute atomic E-state index is 5.83. The van der Waals surface area contributed by atoms with Gasteiger partial charge >= 0.3 is 0 Å². The van der Waals surface area contributed by atoms with Crippen molar-refractivity contribution in [3.8, 4) is 0 Å². The number of hydrogen-bond donors (Lipinski definition) is 0. The smallest absolute Gasteiger partial charge is 0.163 e. The average Bonchev–Trinajstić information content (AvgIpc) is 2.54. The van der Waals surface area contributed by atoms with Gasteiger partial charge in [0.25, 0.3) is 0 Å². The highest BCUT2D eigenvalue weighted by atomic mass is 16.8. The summed E-state index contributed by atoms with van der Waals surface area (Å²) in [7, 11) is 0. The maximum Gasteiger partial charge on any atom is 0.163 e. The Labute approximate surface area is 72.5 Å². The second-order valence-electron chi connectivity index (χ2n) is 4.51. The van der Waals surface area contributed by atoms with Crippen LogP contribution in [-0.2, 0) is 9.47 Å². The van der Waals surface area contributed by atoms with Crippen molar-refractivity contribution in [1.29, 1.82) is 0 Å². The molecule has 12 heavy (non-hydrogen) atoms. The summed E-state index contributed by atoms with van der Waals surface area (Å²) < 4.78 is 11.7. The molecule has 0 aromatic carbocycles. The minimum Gasteiger partial charge on any atom is -0.344 e. The SMILES string of the molecule is CC1(C)OC2C3C=CC(C3)C2O1. The van der Waals surface area contributed by atoms with Crippen LogP contribution in [0.3, 0.4) is 0 Å². The van der Waals surface area contributed by atoms with E-state index in [0.717, 1.165) is 0 Å². The molecule has 2 fully saturated rings. The average molecular weight is 166 g/mol. The standard InChI is InChI=1S/C10H14O2/c1-10(2)11-8-6-3-4-7(5-6)9(8)12-10/h3-4,6-9H,5H2,1-2H3. The van der Waals surface area contributed by atoms with Crippen molar-refractivity contribution in [2.24, 2.45) is 11.8 Å². The monoisotopic (exact) mass is 166 g/mol. The molecule has 2 heteroatoms. The first-order valence-electron chi connectivity index (χ1n) is 4.70. The molecule has 3 aliphatic rings. The predicted octanol–water partition coefficient (Wildman–Crippen LogP) is 1.71. The summed E-state index contributed by atoms with van der Waals surface area (Å²) in [4.78, 5) is 0. The van der Waals surface area contributed by atoms with E-state index in [-0.39, 0.29) is 5.79 Å². The van der Waals surface area contributed by atoms with Crippen molar-refractivity contribution in [3.63, 3.8) is 0 Å².